The summed E-state index contributed by atoms with van der Waals surface area (Å²) in [5.74, 6) is 1.92. The Hall–Kier alpha value is -0.820. The Morgan fingerprint density at radius 3 is 2.32 bits per heavy atom. The average molecular weight is 259 g/mol. The van der Waals surface area contributed by atoms with Gasteiger partial charge in [0.1, 0.15) is 0 Å². The van der Waals surface area contributed by atoms with Gasteiger partial charge in [0.25, 0.3) is 0 Å². The maximum Gasteiger partial charge on any atom is 0.0205 e. The molecule has 1 aliphatic carbocycles. The molecule has 1 aromatic carbocycles. The van der Waals surface area contributed by atoms with Gasteiger partial charge < -0.3 is 5.32 Å². The van der Waals surface area contributed by atoms with E-state index in [2.05, 4.69) is 44.3 Å². The van der Waals surface area contributed by atoms with Crippen molar-refractivity contribution in [1.82, 2.24) is 5.32 Å². The minimum atomic E-state index is 0.911. The zero-order chi connectivity index (χ0) is 13.7. The lowest BCUT2D eigenvalue weighted by molar-refractivity contribution is 0.262. The highest BCUT2D eigenvalue weighted by atomic mass is 14.9. The number of rotatable bonds is 5. The van der Waals surface area contributed by atoms with Crippen molar-refractivity contribution in [2.75, 3.05) is 6.54 Å². The minimum absolute atomic E-state index is 0.911. The van der Waals surface area contributed by atoms with Crippen LogP contribution in [0.2, 0.25) is 0 Å². The number of aryl methyl sites for hydroxylation is 2. The van der Waals surface area contributed by atoms with Crippen LogP contribution in [0.5, 0.6) is 0 Å². The Labute approximate surface area is 118 Å². The Balaban J connectivity index is 1.70. The van der Waals surface area contributed by atoms with E-state index in [0.29, 0.717) is 0 Å². The summed E-state index contributed by atoms with van der Waals surface area (Å²) in [5, 5.41) is 3.65. The van der Waals surface area contributed by atoms with Crippen LogP contribution in [0.1, 0.15) is 55.7 Å². The van der Waals surface area contributed by atoms with E-state index < -0.39 is 0 Å². The molecule has 2 rings (SSSR count). The fourth-order valence-corrected chi connectivity index (χ4v) is 3.18. The molecule has 0 bridgehead atoms. The summed E-state index contributed by atoms with van der Waals surface area (Å²) in [5.41, 5.74) is 4.22. The topological polar surface area (TPSA) is 12.0 Å². The van der Waals surface area contributed by atoms with Crippen LogP contribution in [0.4, 0.5) is 0 Å². The molecule has 106 valence electrons. The molecule has 0 saturated heterocycles. The molecule has 1 heteroatoms. The maximum absolute atomic E-state index is 3.65. The molecule has 1 fully saturated rings. The van der Waals surface area contributed by atoms with Gasteiger partial charge in [-0.1, -0.05) is 44.4 Å². The van der Waals surface area contributed by atoms with Crippen molar-refractivity contribution in [3.63, 3.8) is 0 Å². The van der Waals surface area contributed by atoms with Gasteiger partial charge in [-0.2, -0.15) is 0 Å². The Morgan fingerprint density at radius 2 is 1.68 bits per heavy atom. The summed E-state index contributed by atoms with van der Waals surface area (Å²) in [7, 11) is 0. The van der Waals surface area contributed by atoms with Gasteiger partial charge in [-0.3, -0.25) is 0 Å². The first kappa shape index (κ1) is 14.6. The molecule has 0 aromatic heterocycles. The number of hydrogen-bond acceptors (Lipinski definition) is 1. The molecular formula is C18H29N. The van der Waals surface area contributed by atoms with Crippen LogP contribution in [0.15, 0.2) is 18.2 Å². The van der Waals surface area contributed by atoms with E-state index in [0.717, 1.165) is 18.4 Å². The van der Waals surface area contributed by atoms with Gasteiger partial charge in [-0.25, -0.2) is 0 Å². The first-order valence-electron chi connectivity index (χ1n) is 7.96. The SMILES string of the molecule is CCC1CCC(CNCc2ccc(C)c(C)c2)CC1. The van der Waals surface area contributed by atoms with E-state index in [1.165, 1.54) is 55.3 Å². The average Bonchev–Trinajstić information content (AvgIpc) is 2.43. The maximum atomic E-state index is 3.65. The molecule has 0 aliphatic heterocycles. The molecule has 1 nitrogen and oxygen atoms in total. The van der Waals surface area contributed by atoms with E-state index in [1.807, 2.05) is 0 Å². The molecule has 1 aliphatic rings. The Bertz CT molecular complexity index is 389. The summed E-state index contributed by atoms with van der Waals surface area (Å²) in [6.45, 7) is 8.94. The number of benzene rings is 1. The van der Waals surface area contributed by atoms with Crippen molar-refractivity contribution >= 4 is 0 Å². The molecule has 1 N–H and O–H groups in total. The van der Waals surface area contributed by atoms with Gasteiger partial charge in [0.2, 0.25) is 0 Å². The largest absolute Gasteiger partial charge is 0.312 e. The lowest BCUT2D eigenvalue weighted by Gasteiger charge is -2.28. The lowest BCUT2D eigenvalue weighted by Crippen LogP contribution is -2.26. The lowest BCUT2D eigenvalue weighted by atomic mass is 9.81. The van der Waals surface area contributed by atoms with Gasteiger partial charge in [0.05, 0.1) is 0 Å². The van der Waals surface area contributed by atoms with Crippen LogP contribution in [0.25, 0.3) is 0 Å². The summed E-state index contributed by atoms with van der Waals surface area (Å²) in [4.78, 5) is 0. The van der Waals surface area contributed by atoms with Crippen LogP contribution in [-0.4, -0.2) is 6.54 Å². The van der Waals surface area contributed by atoms with Crippen LogP contribution in [0.3, 0.4) is 0 Å². The molecule has 0 atom stereocenters. The Kier molecular flexibility index (Phi) is 5.45. The van der Waals surface area contributed by atoms with E-state index in [4.69, 9.17) is 0 Å². The first-order valence-corrected chi connectivity index (χ1v) is 7.96. The van der Waals surface area contributed by atoms with Crippen molar-refractivity contribution in [3.8, 4) is 0 Å². The summed E-state index contributed by atoms with van der Waals surface area (Å²) in [6.07, 6.45) is 7.14. The van der Waals surface area contributed by atoms with E-state index in [-0.39, 0.29) is 0 Å². The second-order valence-corrected chi connectivity index (χ2v) is 6.34. The van der Waals surface area contributed by atoms with Crippen molar-refractivity contribution < 1.29 is 0 Å². The molecule has 1 saturated carbocycles. The molecule has 19 heavy (non-hydrogen) atoms. The minimum Gasteiger partial charge on any atom is -0.312 e. The third-order valence-corrected chi connectivity index (χ3v) is 4.88. The highest BCUT2D eigenvalue weighted by Crippen LogP contribution is 2.30. The van der Waals surface area contributed by atoms with Gasteiger partial charge in [0, 0.05) is 6.54 Å². The van der Waals surface area contributed by atoms with Crippen molar-refractivity contribution in [3.05, 3.63) is 34.9 Å². The molecule has 0 radical (unpaired) electrons. The summed E-state index contributed by atoms with van der Waals surface area (Å²) in [6, 6.07) is 6.80. The first-order chi connectivity index (χ1) is 9.19. The summed E-state index contributed by atoms with van der Waals surface area (Å²) < 4.78 is 0. The number of hydrogen-bond donors (Lipinski definition) is 1. The molecule has 0 heterocycles. The normalized spacial score (nSPS) is 23.5. The van der Waals surface area contributed by atoms with Crippen LogP contribution >= 0.6 is 0 Å². The Morgan fingerprint density at radius 1 is 1.00 bits per heavy atom. The van der Waals surface area contributed by atoms with Crippen LogP contribution in [0, 0.1) is 25.7 Å². The second-order valence-electron chi connectivity index (χ2n) is 6.34. The quantitative estimate of drug-likeness (QED) is 0.814. The summed E-state index contributed by atoms with van der Waals surface area (Å²) >= 11 is 0. The van der Waals surface area contributed by atoms with Gasteiger partial charge in [0.15, 0.2) is 0 Å². The number of nitrogens with one attached hydrogen (secondary N) is 1. The third kappa shape index (κ3) is 4.35. The standard InChI is InChI=1S/C18H29N/c1-4-16-7-9-17(10-8-16)12-19-13-18-6-5-14(2)15(3)11-18/h5-6,11,16-17,19H,4,7-10,12-13H2,1-3H3. The van der Waals surface area contributed by atoms with E-state index in [1.54, 1.807) is 0 Å². The zero-order valence-corrected chi connectivity index (χ0v) is 12.8. The van der Waals surface area contributed by atoms with Gasteiger partial charge >= 0.3 is 0 Å². The van der Waals surface area contributed by atoms with Gasteiger partial charge in [-0.05, 0) is 61.8 Å². The van der Waals surface area contributed by atoms with Crippen molar-refractivity contribution in [2.24, 2.45) is 11.8 Å². The second kappa shape index (κ2) is 7.09. The fraction of sp³-hybridized carbons (Fsp3) is 0.667. The zero-order valence-electron chi connectivity index (χ0n) is 12.8. The molecule has 0 unspecified atom stereocenters. The molecule has 1 aromatic rings. The monoisotopic (exact) mass is 259 g/mol. The molecular weight excluding hydrogens is 230 g/mol. The molecule has 0 amide bonds. The van der Waals surface area contributed by atoms with Crippen molar-refractivity contribution in [2.45, 2.75) is 59.4 Å². The van der Waals surface area contributed by atoms with Crippen molar-refractivity contribution in [1.29, 1.82) is 0 Å². The van der Waals surface area contributed by atoms with Crippen LogP contribution < -0.4 is 5.32 Å². The smallest absolute Gasteiger partial charge is 0.0205 e. The van der Waals surface area contributed by atoms with E-state index >= 15 is 0 Å². The predicted octanol–water partition coefficient (Wildman–Crippen LogP) is 4.61. The van der Waals surface area contributed by atoms with Gasteiger partial charge in [-0.15, -0.1) is 0 Å². The fourth-order valence-electron chi connectivity index (χ4n) is 3.18. The highest BCUT2D eigenvalue weighted by molar-refractivity contribution is 5.29. The third-order valence-electron chi connectivity index (χ3n) is 4.88. The van der Waals surface area contributed by atoms with E-state index in [9.17, 15) is 0 Å². The molecule has 0 spiro atoms. The van der Waals surface area contributed by atoms with Crippen LogP contribution in [-0.2, 0) is 6.54 Å². The predicted molar refractivity (Wildman–Crippen MR) is 83.4 cm³/mol. The highest BCUT2D eigenvalue weighted by Gasteiger charge is 2.19.